The number of aliphatic carboxylic acids is 1. The molecule has 6 heteroatoms. The highest BCUT2D eigenvalue weighted by atomic mass is 79.9. The standard InChI is InChI=1S/C14H16BrNO4/c15-7-10-6-13(18)16(8-10)12(14(19)20)5-9-1-3-11(17)4-2-9/h1-4,10,12,17H,5-8H2,(H,19,20)/t10?,12-/m0/s1. The number of hydrogen-bond donors (Lipinski definition) is 2. The number of likely N-dealkylation sites (tertiary alicyclic amines) is 1. The predicted molar refractivity (Wildman–Crippen MR) is 76.8 cm³/mol. The van der Waals surface area contributed by atoms with Gasteiger partial charge in [-0.3, -0.25) is 4.79 Å². The van der Waals surface area contributed by atoms with Crippen LogP contribution in [0.15, 0.2) is 24.3 Å². The number of carbonyl (C=O) groups is 2. The number of benzene rings is 1. The van der Waals surface area contributed by atoms with Crippen LogP contribution >= 0.6 is 15.9 Å². The van der Waals surface area contributed by atoms with Crippen molar-refractivity contribution in [3.63, 3.8) is 0 Å². The second-order valence-electron chi connectivity index (χ2n) is 5.00. The molecule has 2 rings (SSSR count). The molecule has 0 bridgehead atoms. The van der Waals surface area contributed by atoms with Crippen LogP contribution in [0, 0.1) is 5.92 Å². The molecule has 1 aromatic carbocycles. The maximum atomic E-state index is 11.9. The Balaban J connectivity index is 2.13. The van der Waals surface area contributed by atoms with Crippen LogP contribution < -0.4 is 0 Å². The van der Waals surface area contributed by atoms with Crippen LogP contribution in [-0.4, -0.2) is 44.9 Å². The van der Waals surface area contributed by atoms with E-state index in [1.807, 2.05) is 0 Å². The number of aromatic hydroxyl groups is 1. The van der Waals surface area contributed by atoms with Gasteiger partial charge in [0.1, 0.15) is 11.8 Å². The van der Waals surface area contributed by atoms with Gasteiger partial charge in [0, 0.05) is 24.7 Å². The third-order valence-electron chi connectivity index (χ3n) is 3.48. The SMILES string of the molecule is O=C(O)[C@H](Cc1ccc(O)cc1)N1CC(CBr)CC1=O. The first-order valence-electron chi connectivity index (χ1n) is 6.37. The number of phenols is 1. The van der Waals surface area contributed by atoms with Gasteiger partial charge in [-0.15, -0.1) is 0 Å². The number of hydrogen-bond acceptors (Lipinski definition) is 3. The van der Waals surface area contributed by atoms with Gasteiger partial charge in [0.15, 0.2) is 0 Å². The first kappa shape index (κ1) is 14.8. The van der Waals surface area contributed by atoms with Crippen molar-refractivity contribution < 1.29 is 19.8 Å². The third-order valence-corrected chi connectivity index (χ3v) is 4.40. The average Bonchev–Trinajstić information content (AvgIpc) is 2.79. The van der Waals surface area contributed by atoms with Gasteiger partial charge in [-0.05, 0) is 23.6 Å². The van der Waals surface area contributed by atoms with Crippen molar-refractivity contribution in [3.8, 4) is 5.75 Å². The number of nitrogens with zero attached hydrogens (tertiary/aromatic N) is 1. The molecule has 1 aliphatic heterocycles. The Morgan fingerprint density at radius 2 is 2.05 bits per heavy atom. The number of carbonyl (C=O) groups excluding carboxylic acids is 1. The first-order chi connectivity index (χ1) is 9.51. The van der Waals surface area contributed by atoms with Crippen molar-refractivity contribution in [2.24, 2.45) is 5.92 Å². The van der Waals surface area contributed by atoms with E-state index in [1.165, 1.54) is 17.0 Å². The minimum atomic E-state index is -0.998. The molecule has 2 N–H and O–H groups in total. The zero-order chi connectivity index (χ0) is 14.7. The van der Waals surface area contributed by atoms with Crippen LogP contribution in [0.5, 0.6) is 5.75 Å². The summed E-state index contributed by atoms with van der Waals surface area (Å²) in [6, 6.07) is 5.53. The maximum absolute atomic E-state index is 11.9. The van der Waals surface area contributed by atoms with Crippen LogP contribution in [0.2, 0.25) is 0 Å². The smallest absolute Gasteiger partial charge is 0.326 e. The number of carboxylic acid groups (broad SMARTS) is 1. The summed E-state index contributed by atoms with van der Waals surface area (Å²) < 4.78 is 0. The summed E-state index contributed by atoms with van der Waals surface area (Å²) in [7, 11) is 0. The van der Waals surface area contributed by atoms with Gasteiger partial charge in [-0.25, -0.2) is 4.79 Å². The van der Waals surface area contributed by atoms with Gasteiger partial charge in [0.25, 0.3) is 0 Å². The fourth-order valence-electron chi connectivity index (χ4n) is 2.40. The van der Waals surface area contributed by atoms with E-state index >= 15 is 0 Å². The van der Waals surface area contributed by atoms with E-state index in [1.54, 1.807) is 12.1 Å². The molecule has 1 saturated heterocycles. The monoisotopic (exact) mass is 341 g/mol. The van der Waals surface area contributed by atoms with E-state index in [2.05, 4.69) is 15.9 Å². The zero-order valence-corrected chi connectivity index (χ0v) is 12.4. The summed E-state index contributed by atoms with van der Waals surface area (Å²) in [6.07, 6.45) is 0.640. The lowest BCUT2D eigenvalue weighted by atomic mass is 10.0. The summed E-state index contributed by atoms with van der Waals surface area (Å²) >= 11 is 3.34. The van der Waals surface area contributed by atoms with Crippen LogP contribution in [0.3, 0.4) is 0 Å². The second kappa shape index (κ2) is 6.26. The first-order valence-corrected chi connectivity index (χ1v) is 7.49. The quantitative estimate of drug-likeness (QED) is 0.798. The number of halogens is 1. The Morgan fingerprint density at radius 3 is 2.55 bits per heavy atom. The molecule has 0 aliphatic carbocycles. The number of alkyl halides is 1. The number of amides is 1. The van der Waals surface area contributed by atoms with E-state index < -0.39 is 12.0 Å². The Labute approximate surface area is 125 Å². The summed E-state index contributed by atoms with van der Waals surface area (Å²) in [5, 5.41) is 19.3. The Kier molecular flexibility index (Phi) is 4.65. The molecule has 0 aromatic heterocycles. The lowest BCUT2D eigenvalue weighted by Crippen LogP contribution is -2.43. The van der Waals surface area contributed by atoms with E-state index in [9.17, 15) is 19.8 Å². The Bertz CT molecular complexity index is 502. The van der Waals surface area contributed by atoms with Crippen molar-refractivity contribution in [2.45, 2.75) is 18.9 Å². The molecule has 0 saturated carbocycles. The van der Waals surface area contributed by atoms with E-state index in [0.29, 0.717) is 18.3 Å². The summed E-state index contributed by atoms with van der Waals surface area (Å²) in [5.74, 6) is -0.802. The van der Waals surface area contributed by atoms with E-state index in [0.717, 1.165) is 5.56 Å². The predicted octanol–water partition coefficient (Wildman–Crippen LogP) is 1.63. The van der Waals surface area contributed by atoms with Crippen LogP contribution in [0.25, 0.3) is 0 Å². The molecule has 1 aromatic rings. The van der Waals surface area contributed by atoms with Crippen LogP contribution in [0.4, 0.5) is 0 Å². The Morgan fingerprint density at radius 1 is 1.40 bits per heavy atom. The molecule has 2 atom stereocenters. The average molecular weight is 342 g/mol. The highest BCUT2D eigenvalue weighted by Crippen LogP contribution is 2.24. The van der Waals surface area contributed by atoms with Crippen molar-refractivity contribution in [1.29, 1.82) is 0 Å². The molecule has 1 heterocycles. The minimum absolute atomic E-state index is 0.111. The Hall–Kier alpha value is -1.56. The zero-order valence-electron chi connectivity index (χ0n) is 10.8. The normalized spacial score (nSPS) is 20.1. The molecule has 1 aliphatic rings. The van der Waals surface area contributed by atoms with Crippen molar-refractivity contribution in [1.82, 2.24) is 4.90 Å². The summed E-state index contributed by atoms with van der Waals surface area (Å²) in [5.41, 5.74) is 0.783. The lowest BCUT2D eigenvalue weighted by molar-refractivity contribution is -0.148. The van der Waals surface area contributed by atoms with Gasteiger partial charge in [-0.2, -0.15) is 0 Å². The van der Waals surface area contributed by atoms with Crippen LogP contribution in [-0.2, 0) is 16.0 Å². The number of rotatable bonds is 5. The fraction of sp³-hybridized carbons (Fsp3) is 0.429. The molecule has 5 nitrogen and oxygen atoms in total. The molecule has 20 heavy (non-hydrogen) atoms. The fourth-order valence-corrected chi connectivity index (χ4v) is 2.83. The molecule has 0 spiro atoms. The van der Waals surface area contributed by atoms with Gasteiger partial charge >= 0.3 is 5.97 Å². The van der Waals surface area contributed by atoms with Crippen molar-refractivity contribution in [3.05, 3.63) is 29.8 Å². The molecular weight excluding hydrogens is 326 g/mol. The summed E-state index contributed by atoms with van der Waals surface area (Å²) in [4.78, 5) is 24.8. The molecule has 0 radical (unpaired) electrons. The van der Waals surface area contributed by atoms with Crippen molar-refractivity contribution in [2.75, 3.05) is 11.9 Å². The second-order valence-corrected chi connectivity index (χ2v) is 5.64. The summed E-state index contributed by atoms with van der Waals surface area (Å²) in [6.45, 7) is 0.471. The number of phenolic OH excluding ortho intramolecular Hbond substituents is 1. The number of carboxylic acids is 1. The highest BCUT2D eigenvalue weighted by Gasteiger charge is 2.37. The van der Waals surface area contributed by atoms with Crippen LogP contribution in [0.1, 0.15) is 12.0 Å². The topological polar surface area (TPSA) is 77.8 Å². The largest absolute Gasteiger partial charge is 0.508 e. The van der Waals surface area contributed by atoms with E-state index in [4.69, 9.17) is 0 Å². The highest BCUT2D eigenvalue weighted by molar-refractivity contribution is 9.09. The van der Waals surface area contributed by atoms with E-state index in [-0.39, 0.29) is 24.0 Å². The van der Waals surface area contributed by atoms with Gasteiger partial charge < -0.3 is 15.1 Å². The molecule has 1 amide bonds. The maximum Gasteiger partial charge on any atom is 0.326 e. The van der Waals surface area contributed by atoms with Crippen molar-refractivity contribution >= 4 is 27.8 Å². The molecule has 1 fully saturated rings. The van der Waals surface area contributed by atoms with Gasteiger partial charge in [0.2, 0.25) is 5.91 Å². The van der Waals surface area contributed by atoms with Gasteiger partial charge in [0.05, 0.1) is 0 Å². The minimum Gasteiger partial charge on any atom is -0.508 e. The molecule has 1 unspecified atom stereocenters. The molecular formula is C14H16BrNO4. The van der Waals surface area contributed by atoms with Gasteiger partial charge in [-0.1, -0.05) is 28.1 Å². The lowest BCUT2D eigenvalue weighted by Gasteiger charge is -2.24. The molecule has 108 valence electrons. The third kappa shape index (κ3) is 3.30.